The summed E-state index contributed by atoms with van der Waals surface area (Å²) in [6, 6.07) is 10.3. The highest BCUT2D eigenvalue weighted by atomic mass is 35.5. The van der Waals surface area contributed by atoms with Gasteiger partial charge in [0.15, 0.2) is 0 Å². The Labute approximate surface area is 196 Å². The Morgan fingerprint density at radius 1 is 1.06 bits per heavy atom. The number of carbonyl (C=O) groups excluding carboxylic acids is 2. The van der Waals surface area contributed by atoms with Gasteiger partial charge in [0.1, 0.15) is 0 Å². The van der Waals surface area contributed by atoms with Gasteiger partial charge in [0.2, 0.25) is 5.91 Å². The summed E-state index contributed by atoms with van der Waals surface area (Å²) in [5.74, 6) is 0.464. The van der Waals surface area contributed by atoms with Crippen LogP contribution in [0.3, 0.4) is 0 Å². The summed E-state index contributed by atoms with van der Waals surface area (Å²) >= 11 is 5.86. The Balaban J connectivity index is 1.66. The molecule has 1 aliphatic carbocycles. The van der Waals surface area contributed by atoms with Crippen molar-refractivity contribution in [2.45, 2.75) is 44.7 Å². The number of halogens is 4. The highest BCUT2D eigenvalue weighted by Gasteiger charge is 2.31. The van der Waals surface area contributed by atoms with Crippen molar-refractivity contribution < 1.29 is 22.8 Å². The minimum atomic E-state index is -4.54. The third-order valence-corrected chi connectivity index (χ3v) is 5.99. The van der Waals surface area contributed by atoms with E-state index in [1.54, 1.807) is 24.3 Å². The fraction of sp³-hybridized carbons (Fsp3) is 0.417. The largest absolute Gasteiger partial charge is 0.416 e. The molecule has 2 N–H and O–H groups in total. The van der Waals surface area contributed by atoms with Crippen molar-refractivity contribution in [1.29, 1.82) is 0 Å². The Morgan fingerprint density at radius 2 is 1.76 bits per heavy atom. The molecule has 0 unspecified atom stereocenters. The molecule has 0 saturated heterocycles. The summed E-state index contributed by atoms with van der Waals surface area (Å²) in [5.41, 5.74) is -0.330. The fourth-order valence-corrected chi connectivity index (χ4v) is 4.08. The van der Waals surface area contributed by atoms with Crippen LogP contribution in [0.4, 0.5) is 29.3 Å². The van der Waals surface area contributed by atoms with Crippen molar-refractivity contribution in [1.82, 2.24) is 5.32 Å². The highest BCUT2D eigenvalue weighted by Crippen LogP contribution is 2.32. The quantitative estimate of drug-likeness (QED) is 0.453. The first-order chi connectivity index (χ1) is 15.7. The second kappa shape index (κ2) is 11.4. The van der Waals surface area contributed by atoms with E-state index in [4.69, 9.17) is 11.6 Å². The molecule has 0 heterocycles. The molecule has 2 aromatic rings. The van der Waals surface area contributed by atoms with E-state index in [1.807, 2.05) is 0 Å². The van der Waals surface area contributed by atoms with Crippen LogP contribution in [0.15, 0.2) is 48.5 Å². The van der Waals surface area contributed by atoms with Gasteiger partial charge in [-0.05, 0) is 54.8 Å². The van der Waals surface area contributed by atoms with Crippen molar-refractivity contribution in [3.8, 4) is 0 Å². The van der Waals surface area contributed by atoms with E-state index in [0.29, 0.717) is 23.0 Å². The van der Waals surface area contributed by atoms with Crippen LogP contribution in [0.25, 0.3) is 0 Å². The van der Waals surface area contributed by atoms with Gasteiger partial charge < -0.3 is 10.6 Å². The number of alkyl halides is 3. The molecule has 178 valence electrons. The first kappa shape index (κ1) is 24.9. The van der Waals surface area contributed by atoms with Gasteiger partial charge in [0.25, 0.3) is 0 Å². The lowest BCUT2D eigenvalue weighted by Gasteiger charge is -2.24. The van der Waals surface area contributed by atoms with Crippen molar-refractivity contribution in [3.05, 3.63) is 59.1 Å². The summed E-state index contributed by atoms with van der Waals surface area (Å²) in [4.78, 5) is 26.3. The lowest BCUT2D eigenvalue weighted by Crippen LogP contribution is -2.41. The number of amides is 3. The summed E-state index contributed by atoms with van der Waals surface area (Å²) in [6.45, 7) is 0.129. The van der Waals surface area contributed by atoms with E-state index in [9.17, 15) is 22.8 Å². The lowest BCUT2D eigenvalue weighted by molar-refractivity contribution is -0.137. The second-order valence-electron chi connectivity index (χ2n) is 8.18. The van der Waals surface area contributed by atoms with E-state index >= 15 is 0 Å². The molecule has 0 bridgehead atoms. The van der Waals surface area contributed by atoms with E-state index in [0.717, 1.165) is 31.4 Å². The zero-order valence-corrected chi connectivity index (χ0v) is 18.9. The molecule has 2 aromatic carbocycles. The molecular formula is C24H27ClF3N3O2. The Hall–Kier alpha value is -2.74. The van der Waals surface area contributed by atoms with Crippen LogP contribution in [0.2, 0.25) is 5.02 Å². The second-order valence-corrected chi connectivity index (χ2v) is 8.61. The zero-order valence-electron chi connectivity index (χ0n) is 18.1. The lowest BCUT2D eigenvalue weighted by atomic mass is 10.0. The predicted molar refractivity (Wildman–Crippen MR) is 123 cm³/mol. The highest BCUT2D eigenvalue weighted by molar-refractivity contribution is 6.30. The molecule has 1 saturated carbocycles. The van der Waals surface area contributed by atoms with Crippen LogP contribution in [0.5, 0.6) is 0 Å². The van der Waals surface area contributed by atoms with Crippen molar-refractivity contribution >= 4 is 34.9 Å². The zero-order chi connectivity index (χ0) is 23.8. The maximum Gasteiger partial charge on any atom is 0.416 e. The number of nitrogens with one attached hydrogen (secondary N) is 2. The smallest absolute Gasteiger partial charge is 0.354 e. The van der Waals surface area contributed by atoms with Crippen LogP contribution in [-0.4, -0.2) is 25.0 Å². The molecule has 0 aromatic heterocycles. The van der Waals surface area contributed by atoms with E-state index < -0.39 is 17.8 Å². The van der Waals surface area contributed by atoms with Crippen LogP contribution >= 0.6 is 11.6 Å². The molecule has 1 fully saturated rings. The third-order valence-electron chi connectivity index (χ3n) is 5.74. The van der Waals surface area contributed by atoms with Crippen molar-refractivity contribution in [2.24, 2.45) is 5.92 Å². The molecule has 0 radical (unpaired) electrons. The molecule has 0 atom stereocenters. The monoisotopic (exact) mass is 481 g/mol. The maximum absolute atomic E-state index is 13.2. The molecule has 1 aliphatic rings. The molecule has 0 spiro atoms. The van der Waals surface area contributed by atoms with E-state index in [1.165, 1.54) is 29.9 Å². The Kier molecular flexibility index (Phi) is 8.61. The molecule has 0 aliphatic heterocycles. The number of rotatable bonds is 8. The van der Waals surface area contributed by atoms with E-state index in [-0.39, 0.29) is 24.7 Å². The first-order valence-electron chi connectivity index (χ1n) is 11.0. The van der Waals surface area contributed by atoms with Gasteiger partial charge in [0, 0.05) is 35.9 Å². The van der Waals surface area contributed by atoms with Gasteiger partial charge in [0.05, 0.1) is 5.56 Å². The Morgan fingerprint density at radius 3 is 2.42 bits per heavy atom. The Bertz CT molecular complexity index is 945. The average Bonchev–Trinajstić information content (AvgIpc) is 3.30. The normalized spacial score (nSPS) is 14.2. The molecular weight excluding hydrogens is 455 g/mol. The van der Waals surface area contributed by atoms with Crippen molar-refractivity contribution in [2.75, 3.05) is 23.3 Å². The topological polar surface area (TPSA) is 61.4 Å². The van der Waals surface area contributed by atoms with E-state index in [2.05, 4.69) is 10.6 Å². The third kappa shape index (κ3) is 7.67. The summed E-state index contributed by atoms with van der Waals surface area (Å²) < 4.78 is 39.6. The fourth-order valence-electron chi connectivity index (χ4n) is 3.95. The molecule has 5 nitrogen and oxygen atoms in total. The average molecular weight is 482 g/mol. The maximum atomic E-state index is 13.2. The van der Waals surface area contributed by atoms with Gasteiger partial charge in [-0.1, -0.05) is 43.4 Å². The number of nitrogens with zero attached hydrogens (tertiary/aromatic N) is 1. The molecule has 33 heavy (non-hydrogen) atoms. The summed E-state index contributed by atoms with van der Waals surface area (Å²) in [5, 5.41) is 5.93. The number of hydrogen-bond acceptors (Lipinski definition) is 2. The number of benzene rings is 2. The number of urea groups is 1. The van der Waals surface area contributed by atoms with Crippen molar-refractivity contribution in [3.63, 3.8) is 0 Å². The van der Waals surface area contributed by atoms with Gasteiger partial charge in [-0.3, -0.25) is 9.69 Å². The minimum Gasteiger partial charge on any atom is -0.354 e. The molecule has 3 rings (SSSR count). The van der Waals surface area contributed by atoms with Crippen LogP contribution in [0, 0.1) is 5.92 Å². The first-order valence-corrected chi connectivity index (χ1v) is 11.4. The van der Waals surface area contributed by atoms with Gasteiger partial charge in [-0.2, -0.15) is 13.2 Å². The van der Waals surface area contributed by atoms with Gasteiger partial charge >= 0.3 is 12.2 Å². The SMILES string of the molecule is O=C(CCC1CCCC1)NCCN(C(=O)Nc1ccc(Cl)cc1)c1cccc(C(F)(F)F)c1. The van der Waals surface area contributed by atoms with Gasteiger partial charge in [-0.15, -0.1) is 0 Å². The van der Waals surface area contributed by atoms with Crippen LogP contribution in [0.1, 0.15) is 44.1 Å². The summed E-state index contributed by atoms with van der Waals surface area (Å²) in [7, 11) is 0. The number of carbonyl (C=O) groups is 2. The molecule has 9 heteroatoms. The van der Waals surface area contributed by atoms with Crippen LogP contribution < -0.4 is 15.5 Å². The number of hydrogen-bond donors (Lipinski definition) is 2. The van der Waals surface area contributed by atoms with Crippen LogP contribution in [-0.2, 0) is 11.0 Å². The van der Waals surface area contributed by atoms with Gasteiger partial charge in [-0.25, -0.2) is 4.79 Å². The summed E-state index contributed by atoms with van der Waals surface area (Å²) in [6.07, 6.45) is 1.43. The number of anilines is 2. The standard InChI is InChI=1S/C24H27ClF3N3O2/c25-19-9-11-20(12-10-19)30-23(33)31(21-7-3-6-18(16-21)24(26,27)28)15-14-29-22(32)13-8-17-4-1-2-5-17/h3,6-7,9-12,16-17H,1-2,4-5,8,13-15H2,(H,29,32)(H,30,33). The molecule has 3 amide bonds. The predicted octanol–water partition coefficient (Wildman–Crippen LogP) is 6.48. The minimum absolute atomic E-state index is 0.00982.